The zero-order valence-electron chi connectivity index (χ0n) is 13.0. The molecule has 3 rings (SSSR count). The Labute approximate surface area is 135 Å². The quantitative estimate of drug-likeness (QED) is 0.671. The van der Waals surface area contributed by atoms with Crippen LogP contribution in [-0.2, 0) is 0 Å². The second kappa shape index (κ2) is 6.36. The number of hydrogen-bond donors (Lipinski definition) is 1. The molecule has 112 valence electrons. The van der Waals surface area contributed by atoms with E-state index in [1.807, 2.05) is 18.2 Å². The number of aromatic nitrogens is 2. The molecule has 0 amide bonds. The highest BCUT2D eigenvalue weighted by molar-refractivity contribution is 7.98. The highest BCUT2D eigenvalue weighted by atomic mass is 32.2. The van der Waals surface area contributed by atoms with Gasteiger partial charge in [0, 0.05) is 21.9 Å². The lowest BCUT2D eigenvalue weighted by atomic mass is 10.1. The van der Waals surface area contributed by atoms with Gasteiger partial charge in [0.25, 0.3) is 0 Å². The summed E-state index contributed by atoms with van der Waals surface area (Å²) in [7, 11) is 0. The molecule has 0 aliphatic rings. The summed E-state index contributed by atoms with van der Waals surface area (Å²) in [4.78, 5) is 10.6. The Hall–Kier alpha value is -2.07. The van der Waals surface area contributed by atoms with Crippen LogP contribution in [0, 0.1) is 0 Å². The van der Waals surface area contributed by atoms with Gasteiger partial charge in [-0.05, 0) is 36.6 Å². The maximum absolute atomic E-state index is 4.72. The Morgan fingerprint density at radius 2 is 1.82 bits per heavy atom. The summed E-state index contributed by atoms with van der Waals surface area (Å²) in [5, 5.41) is 4.50. The van der Waals surface area contributed by atoms with Gasteiger partial charge >= 0.3 is 0 Å². The van der Waals surface area contributed by atoms with Gasteiger partial charge in [-0.2, -0.15) is 0 Å². The van der Waals surface area contributed by atoms with Crippen molar-refractivity contribution >= 4 is 34.2 Å². The second-order valence-corrected chi connectivity index (χ2v) is 6.34. The molecule has 22 heavy (non-hydrogen) atoms. The van der Waals surface area contributed by atoms with Crippen LogP contribution in [0.1, 0.15) is 25.6 Å². The van der Waals surface area contributed by atoms with E-state index in [4.69, 9.17) is 4.98 Å². The average molecular weight is 309 g/mol. The third-order valence-corrected chi connectivity index (χ3v) is 4.19. The van der Waals surface area contributed by atoms with Gasteiger partial charge in [0.2, 0.25) is 0 Å². The molecule has 3 nitrogen and oxygen atoms in total. The molecule has 2 aromatic carbocycles. The van der Waals surface area contributed by atoms with E-state index in [1.54, 1.807) is 11.8 Å². The Morgan fingerprint density at radius 3 is 2.59 bits per heavy atom. The molecular formula is C18H19N3S. The molecule has 0 aliphatic carbocycles. The van der Waals surface area contributed by atoms with E-state index in [2.05, 4.69) is 60.7 Å². The van der Waals surface area contributed by atoms with Crippen LogP contribution in [0.15, 0.2) is 53.4 Å². The van der Waals surface area contributed by atoms with E-state index in [0.717, 1.165) is 28.2 Å². The Kier molecular flexibility index (Phi) is 4.29. The SMILES string of the molecule is CSc1cccc(Nc2nc(C(C)C)nc3ccccc23)c1. The minimum atomic E-state index is 0.294. The predicted octanol–water partition coefficient (Wildman–Crippen LogP) is 5.22. The first kappa shape index (κ1) is 14.9. The van der Waals surface area contributed by atoms with Crippen LogP contribution in [0.2, 0.25) is 0 Å². The average Bonchev–Trinajstić information content (AvgIpc) is 2.55. The Morgan fingerprint density at radius 1 is 1.00 bits per heavy atom. The molecule has 3 aromatic rings. The number of fused-ring (bicyclic) bond motifs is 1. The number of para-hydroxylation sites is 1. The first-order chi connectivity index (χ1) is 10.7. The maximum Gasteiger partial charge on any atom is 0.142 e. The van der Waals surface area contributed by atoms with Gasteiger partial charge < -0.3 is 5.32 Å². The summed E-state index contributed by atoms with van der Waals surface area (Å²) >= 11 is 1.73. The van der Waals surface area contributed by atoms with Crippen LogP contribution in [0.4, 0.5) is 11.5 Å². The normalized spacial score (nSPS) is 11.1. The fraction of sp³-hybridized carbons (Fsp3) is 0.222. The van der Waals surface area contributed by atoms with Crippen molar-refractivity contribution in [3.63, 3.8) is 0 Å². The van der Waals surface area contributed by atoms with Crippen molar-refractivity contribution in [2.24, 2.45) is 0 Å². The maximum atomic E-state index is 4.72. The van der Waals surface area contributed by atoms with Crippen molar-refractivity contribution in [3.05, 3.63) is 54.4 Å². The second-order valence-electron chi connectivity index (χ2n) is 5.46. The highest BCUT2D eigenvalue weighted by Gasteiger charge is 2.10. The number of anilines is 2. The van der Waals surface area contributed by atoms with Crippen molar-refractivity contribution in [3.8, 4) is 0 Å². The molecule has 0 radical (unpaired) electrons. The predicted molar refractivity (Wildman–Crippen MR) is 95.1 cm³/mol. The van der Waals surface area contributed by atoms with Gasteiger partial charge in [-0.1, -0.05) is 32.0 Å². The van der Waals surface area contributed by atoms with Gasteiger partial charge in [-0.3, -0.25) is 0 Å². The van der Waals surface area contributed by atoms with E-state index in [0.29, 0.717) is 5.92 Å². The lowest BCUT2D eigenvalue weighted by Crippen LogP contribution is -2.03. The topological polar surface area (TPSA) is 37.8 Å². The van der Waals surface area contributed by atoms with Crippen LogP contribution in [0.25, 0.3) is 10.9 Å². The molecule has 0 aliphatic heterocycles. The summed E-state index contributed by atoms with van der Waals surface area (Å²) in [5.41, 5.74) is 2.02. The molecule has 1 aromatic heterocycles. The molecule has 1 heterocycles. The Balaban J connectivity index is 2.08. The number of nitrogens with zero attached hydrogens (tertiary/aromatic N) is 2. The summed E-state index contributed by atoms with van der Waals surface area (Å²) in [6.45, 7) is 4.23. The van der Waals surface area contributed by atoms with Crippen molar-refractivity contribution in [1.82, 2.24) is 9.97 Å². The molecule has 0 unspecified atom stereocenters. The molecule has 0 bridgehead atoms. The van der Waals surface area contributed by atoms with Crippen molar-refractivity contribution in [2.75, 3.05) is 11.6 Å². The number of nitrogens with one attached hydrogen (secondary N) is 1. The Bertz CT molecular complexity index is 799. The lowest BCUT2D eigenvalue weighted by Gasteiger charge is -2.13. The molecule has 0 atom stereocenters. The van der Waals surface area contributed by atoms with Crippen molar-refractivity contribution in [2.45, 2.75) is 24.7 Å². The number of rotatable bonds is 4. The van der Waals surface area contributed by atoms with Crippen LogP contribution >= 0.6 is 11.8 Å². The molecule has 0 saturated heterocycles. The van der Waals surface area contributed by atoms with E-state index < -0.39 is 0 Å². The lowest BCUT2D eigenvalue weighted by molar-refractivity contribution is 0.785. The van der Waals surface area contributed by atoms with Gasteiger partial charge in [0.05, 0.1) is 5.52 Å². The van der Waals surface area contributed by atoms with Gasteiger partial charge in [-0.25, -0.2) is 9.97 Å². The van der Waals surface area contributed by atoms with Crippen molar-refractivity contribution in [1.29, 1.82) is 0 Å². The molecule has 1 N–H and O–H groups in total. The largest absolute Gasteiger partial charge is 0.340 e. The van der Waals surface area contributed by atoms with Crippen molar-refractivity contribution < 1.29 is 0 Å². The monoisotopic (exact) mass is 309 g/mol. The summed E-state index contributed by atoms with van der Waals surface area (Å²) < 4.78 is 0. The molecule has 0 fully saturated rings. The van der Waals surface area contributed by atoms with Gasteiger partial charge in [-0.15, -0.1) is 11.8 Å². The van der Waals surface area contributed by atoms with E-state index in [9.17, 15) is 0 Å². The van der Waals surface area contributed by atoms with Gasteiger partial charge in [0.15, 0.2) is 0 Å². The standard InChI is InChI=1S/C18H19N3S/c1-12(2)17-20-16-10-5-4-9-15(16)18(21-17)19-13-7-6-8-14(11-13)22-3/h4-12H,1-3H3,(H,19,20,21). The molecule has 4 heteroatoms. The minimum Gasteiger partial charge on any atom is -0.340 e. The van der Waals surface area contributed by atoms with Crippen LogP contribution < -0.4 is 5.32 Å². The minimum absolute atomic E-state index is 0.294. The van der Waals surface area contributed by atoms with E-state index in [-0.39, 0.29) is 0 Å². The third kappa shape index (κ3) is 3.07. The van der Waals surface area contributed by atoms with Crippen LogP contribution in [0.3, 0.4) is 0 Å². The first-order valence-electron chi connectivity index (χ1n) is 7.35. The van der Waals surface area contributed by atoms with E-state index in [1.165, 1.54) is 4.90 Å². The smallest absolute Gasteiger partial charge is 0.142 e. The first-order valence-corrected chi connectivity index (χ1v) is 8.57. The number of hydrogen-bond acceptors (Lipinski definition) is 4. The number of benzene rings is 2. The van der Waals surface area contributed by atoms with E-state index >= 15 is 0 Å². The molecule has 0 spiro atoms. The summed E-state index contributed by atoms with van der Waals surface area (Å²) in [5.74, 6) is 2.03. The summed E-state index contributed by atoms with van der Waals surface area (Å²) in [6.07, 6.45) is 2.08. The van der Waals surface area contributed by atoms with Crippen LogP contribution in [0.5, 0.6) is 0 Å². The fourth-order valence-electron chi connectivity index (χ4n) is 2.29. The fourth-order valence-corrected chi connectivity index (χ4v) is 2.75. The highest BCUT2D eigenvalue weighted by Crippen LogP contribution is 2.27. The van der Waals surface area contributed by atoms with Crippen LogP contribution in [-0.4, -0.2) is 16.2 Å². The number of thioether (sulfide) groups is 1. The third-order valence-electron chi connectivity index (χ3n) is 3.47. The zero-order valence-corrected chi connectivity index (χ0v) is 13.8. The summed E-state index contributed by atoms with van der Waals surface area (Å²) in [6, 6.07) is 16.5. The zero-order chi connectivity index (χ0) is 15.5. The molecule has 0 saturated carbocycles. The van der Waals surface area contributed by atoms with Gasteiger partial charge in [0.1, 0.15) is 11.6 Å². The molecular weight excluding hydrogens is 290 g/mol.